The first-order chi connectivity index (χ1) is 8.20. The summed E-state index contributed by atoms with van der Waals surface area (Å²) in [5, 5.41) is 9.58. The number of likely N-dealkylation sites (tertiary alicyclic amines) is 1. The molecule has 2 unspecified atom stereocenters. The Balaban J connectivity index is 1.84. The molecule has 1 aliphatic heterocycles. The standard InChI is InChI=1S/C15H29NO/c1-3-13-6-8-14(9-7-13)16-10-4-5-15(16)11-12(2)17/h12-15,17H,3-11H2,1-2H3. The van der Waals surface area contributed by atoms with E-state index in [1.54, 1.807) is 0 Å². The van der Waals surface area contributed by atoms with Crippen molar-refractivity contribution in [1.29, 1.82) is 0 Å². The third-order valence-corrected chi connectivity index (χ3v) is 4.90. The molecule has 2 fully saturated rings. The number of nitrogens with zero attached hydrogens (tertiary/aromatic N) is 1. The predicted octanol–water partition coefficient (Wildman–Crippen LogP) is 3.19. The summed E-state index contributed by atoms with van der Waals surface area (Å²) in [5.74, 6) is 0.990. The zero-order valence-corrected chi connectivity index (χ0v) is 11.6. The van der Waals surface area contributed by atoms with Crippen molar-refractivity contribution in [2.24, 2.45) is 5.92 Å². The molecule has 1 N–H and O–H groups in total. The van der Waals surface area contributed by atoms with E-state index in [0.29, 0.717) is 6.04 Å². The molecule has 100 valence electrons. The first-order valence-corrected chi connectivity index (χ1v) is 7.64. The first kappa shape index (κ1) is 13.4. The van der Waals surface area contributed by atoms with Gasteiger partial charge in [-0.3, -0.25) is 4.90 Å². The molecule has 0 radical (unpaired) electrons. The van der Waals surface area contributed by atoms with Crippen molar-refractivity contribution < 1.29 is 5.11 Å². The Morgan fingerprint density at radius 2 is 1.88 bits per heavy atom. The van der Waals surface area contributed by atoms with Gasteiger partial charge in [0.15, 0.2) is 0 Å². The average molecular weight is 239 g/mol. The molecule has 1 saturated heterocycles. The van der Waals surface area contributed by atoms with Gasteiger partial charge in [-0.1, -0.05) is 13.3 Å². The molecule has 0 aromatic rings. The van der Waals surface area contributed by atoms with Crippen LogP contribution in [0.4, 0.5) is 0 Å². The quantitative estimate of drug-likeness (QED) is 0.814. The van der Waals surface area contributed by atoms with Crippen LogP contribution in [0.3, 0.4) is 0 Å². The lowest BCUT2D eigenvalue weighted by Crippen LogP contribution is -2.42. The van der Waals surface area contributed by atoms with Crippen LogP contribution in [0.1, 0.15) is 65.2 Å². The summed E-state index contributed by atoms with van der Waals surface area (Å²) < 4.78 is 0. The van der Waals surface area contributed by atoms with Crippen molar-refractivity contribution in [2.45, 2.75) is 83.4 Å². The molecule has 17 heavy (non-hydrogen) atoms. The lowest BCUT2D eigenvalue weighted by atomic mass is 9.83. The van der Waals surface area contributed by atoms with Gasteiger partial charge in [0.2, 0.25) is 0 Å². The number of aliphatic hydroxyl groups is 1. The molecule has 0 bridgehead atoms. The van der Waals surface area contributed by atoms with Crippen LogP contribution in [0.2, 0.25) is 0 Å². The van der Waals surface area contributed by atoms with E-state index in [9.17, 15) is 5.11 Å². The van der Waals surface area contributed by atoms with E-state index in [0.717, 1.165) is 18.4 Å². The minimum Gasteiger partial charge on any atom is -0.393 e. The second-order valence-electron chi connectivity index (χ2n) is 6.20. The van der Waals surface area contributed by atoms with Gasteiger partial charge in [0.05, 0.1) is 6.10 Å². The minimum absolute atomic E-state index is 0.132. The van der Waals surface area contributed by atoms with Gasteiger partial charge in [-0.25, -0.2) is 0 Å². The molecule has 2 atom stereocenters. The van der Waals surface area contributed by atoms with Gasteiger partial charge in [-0.05, 0) is 64.3 Å². The van der Waals surface area contributed by atoms with Crippen molar-refractivity contribution in [2.75, 3.05) is 6.54 Å². The molecule has 1 saturated carbocycles. The van der Waals surface area contributed by atoms with E-state index in [4.69, 9.17) is 0 Å². The minimum atomic E-state index is -0.132. The van der Waals surface area contributed by atoms with E-state index >= 15 is 0 Å². The highest BCUT2D eigenvalue weighted by atomic mass is 16.3. The van der Waals surface area contributed by atoms with Crippen LogP contribution in [0.5, 0.6) is 0 Å². The van der Waals surface area contributed by atoms with Crippen molar-refractivity contribution >= 4 is 0 Å². The average Bonchev–Trinajstić information content (AvgIpc) is 2.76. The highest BCUT2D eigenvalue weighted by Crippen LogP contribution is 2.34. The third-order valence-electron chi connectivity index (χ3n) is 4.90. The fraction of sp³-hybridized carbons (Fsp3) is 1.00. The summed E-state index contributed by atoms with van der Waals surface area (Å²) in [6.45, 7) is 5.54. The number of hydrogen-bond donors (Lipinski definition) is 1. The molecule has 2 heteroatoms. The van der Waals surface area contributed by atoms with Gasteiger partial charge in [-0.15, -0.1) is 0 Å². The Labute approximate surface area is 106 Å². The zero-order chi connectivity index (χ0) is 12.3. The Morgan fingerprint density at radius 1 is 1.18 bits per heavy atom. The lowest BCUT2D eigenvalue weighted by molar-refractivity contribution is 0.0849. The van der Waals surface area contributed by atoms with E-state index in [1.165, 1.54) is 51.5 Å². The molecule has 0 amide bonds. The van der Waals surface area contributed by atoms with Crippen LogP contribution in [0.15, 0.2) is 0 Å². The van der Waals surface area contributed by atoms with Gasteiger partial charge >= 0.3 is 0 Å². The molecule has 0 spiro atoms. The molecule has 2 rings (SSSR count). The Bertz CT molecular complexity index is 221. The van der Waals surface area contributed by atoms with Gasteiger partial charge in [-0.2, -0.15) is 0 Å². The van der Waals surface area contributed by atoms with E-state index in [1.807, 2.05) is 6.92 Å². The van der Waals surface area contributed by atoms with Crippen molar-refractivity contribution in [3.63, 3.8) is 0 Å². The van der Waals surface area contributed by atoms with E-state index < -0.39 is 0 Å². The molecular weight excluding hydrogens is 210 g/mol. The largest absolute Gasteiger partial charge is 0.393 e. The monoisotopic (exact) mass is 239 g/mol. The van der Waals surface area contributed by atoms with Crippen molar-refractivity contribution in [3.05, 3.63) is 0 Å². The highest BCUT2D eigenvalue weighted by Gasteiger charge is 2.33. The van der Waals surface area contributed by atoms with Gasteiger partial charge in [0.1, 0.15) is 0 Å². The predicted molar refractivity (Wildman–Crippen MR) is 72.1 cm³/mol. The third kappa shape index (κ3) is 3.45. The van der Waals surface area contributed by atoms with Crippen LogP contribution >= 0.6 is 0 Å². The van der Waals surface area contributed by atoms with Crippen LogP contribution in [0, 0.1) is 5.92 Å². The lowest BCUT2D eigenvalue weighted by Gasteiger charge is -2.38. The second kappa shape index (κ2) is 6.19. The van der Waals surface area contributed by atoms with Crippen LogP contribution in [0.25, 0.3) is 0 Å². The Morgan fingerprint density at radius 3 is 2.47 bits per heavy atom. The Kier molecular flexibility index (Phi) is 4.87. The smallest absolute Gasteiger partial charge is 0.0527 e. The maximum Gasteiger partial charge on any atom is 0.0527 e. The summed E-state index contributed by atoms with van der Waals surface area (Å²) in [4.78, 5) is 2.72. The van der Waals surface area contributed by atoms with Crippen LogP contribution in [-0.4, -0.2) is 34.7 Å². The normalized spacial score (nSPS) is 37.2. The van der Waals surface area contributed by atoms with Crippen molar-refractivity contribution in [3.8, 4) is 0 Å². The molecule has 0 aromatic heterocycles. The van der Waals surface area contributed by atoms with E-state index in [-0.39, 0.29) is 6.10 Å². The summed E-state index contributed by atoms with van der Waals surface area (Å²) in [7, 11) is 0. The molecular formula is C15H29NO. The summed E-state index contributed by atoms with van der Waals surface area (Å²) >= 11 is 0. The van der Waals surface area contributed by atoms with Gasteiger partial charge in [0, 0.05) is 12.1 Å². The molecule has 1 heterocycles. The second-order valence-corrected chi connectivity index (χ2v) is 6.20. The van der Waals surface area contributed by atoms with Gasteiger partial charge < -0.3 is 5.11 Å². The first-order valence-electron chi connectivity index (χ1n) is 7.64. The zero-order valence-electron chi connectivity index (χ0n) is 11.6. The maximum atomic E-state index is 9.58. The molecule has 1 aliphatic carbocycles. The summed E-state index contributed by atoms with van der Waals surface area (Å²) in [5.41, 5.74) is 0. The fourth-order valence-corrected chi connectivity index (χ4v) is 3.87. The van der Waals surface area contributed by atoms with Crippen LogP contribution < -0.4 is 0 Å². The molecule has 2 nitrogen and oxygen atoms in total. The summed E-state index contributed by atoms with van der Waals surface area (Å²) in [6, 6.07) is 1.49. The van der Waals surface area contributed by atoms with Crippen LogP contribution in [-0.2, 0) is 0 Å². The SMILES string of the molecule is CCC1CCC(N2CCCC2CC(C)O)CC1. The number of aliphatic hydroxyl groups excluding tert-OH is 1. The molecule has 2 aliphatic rings. The summed E-state index contributed by atoms with van der Waals surface area (Å²) in [6.07, 6.45) is 10.5. The van der Waals surface area contributed by atoms with Gasteiger partial charge in [0.25, 0.3) is 0 Å². The van der Waals surface area contributed by atoms with E-state index in [2.05, 4.69) is 11.8 Å². The fourth-order valence-electron chi connectivity index (χ4n) is 3.87. The maximum absolute atomic E-state index is 9.58. The highest BCUT2D eigenvalue weighted by molar-refractivity contribution is 4.88. The number of hydrogen-bond acceptors (Lipinski definition) is 2. The topological polar surface area (TPSA) is 23.5 Å². The Hall–Kier alpha value is -0.0800. The van der Waals surface area contributed by atoms with Crippen molar-refractivity contribution in [1.82, 2.24) is 4.90 Å². The molecule has 0 aromatic carbocycles. The number of rotatable bonds is 4.